The van der Waals surface area contributed by atoms with Gasteiger partial charge in [-0.25, -0.2) is 4.98 Å². The summed E-state index contributed by atoms with van der Waals surface area (Å²) in [6.07, 6.45) is 0. The number of halogens is 1. The second kappa shape index (κ2) is 4.34. The zero-order valence-corrected chi connectivity index (χ0v) is 10.2. The molecular formula is C12H11ClN4O. The molecule has 0 spiro atoms. The van der Waals surface area contributed by atoms with Crippen LogP contribution in [0, 0.1) is 0 Å². The summed E-state index contributed by atoms with van der Waals surface area (Å²) in [4.78, 5) is 7.90. The molecule has 0 saturated heterocycles. The zero-order chi connectivity index (χ0) is 12.5. The molecule has 0 radical (unpaired) electrons. The average molecular weight is 263 g/mol. The Hall–Kier alpha value is -2.01. The summed E-state index contributed by atoms with van der Waals surface area (Å²) < 4.78 is 5.57. The Bertz CT molecular complexity index is 570. The topological polar surface area (TPSA) is 73.1 Å². The minimum Gasteiger partial charge on any atom is -0.491 e. The Labute approximate surface area is 109 Å². The number of nitrogens with two attached hydrogens (primary N) is 1. The number of hydrogen-bond acceptors (Lipinski definition) is 5. The molecular weight excluding hydrogens is 252 g/mol. The molecule has 0 unspecified atom stereocenters. The summed E-state index contributed by atoms with van der Waals surface area (Å²) >= 11 is 5.83. The third-order valence-corrected chi connectivity index (χ3v) is 2.93. The van der Waals surface area contributed by atoms with Crippen molar-refractivity contribution in [1.29, 1.82) is 0 Å². The molecule has 0 fully saturated rings. The Morgan fingerprint density at radius 1 is 1.33 bits per heavy atom. The van der Waals surface area contributed by atoms with Gasteiger partial charge in [-0.15, -0.1) is 0 Å². The maximum Gasteiger partial charge on any atom is 0.223 e. The smallest absolute Gasteiger partial charge is 0.223 e. The highest BCUT2D eigenvalue weighted by molar-refractivity contribution is 6.29. The van der Waals surface area contributed by atoms with E-state index in [1.807, 2.05) is 24.3 Å². The van der Waals surface area contributed by atoms with Crippen molar-refractivity contribution in [1.82, 2.24) is 9.97 Å². The second-order valence-electron chi connectivity index (χ2n) is 3.98. The SMILES string of the molecule is Nc1nc(Cl)cc(N[C@H]2COc3ccccc32)n1. The van der Waals surface area contributed by atoms with Gasteiger partial charge in [0, 0.05) is 11.6 Å². The fraction of sp³-hybridized carbons (Fsp3) is 0.167. The molecule has 0 bridgehead atoms. The van der Waals surface area contributed by atoms with Gasteiger partial charge < -0.3 is 15.8 Å². The summed E-state index contributed by atoms with van der Waals surface area (Å²) in [7, 11) is 0. The number of nitrogens with zero attached hydrogens (tertiary/aromatic N) is 2. The van der Waals surface area contributed by atoms with Crippen LogP contribution in [0.3, 0.4) is 0 Å². The first-order valence-electron chi connectivity index (χ1n) is 5.51. The number of benzene rings is 1. The molecule has 3 rings (SSSR count). The molecule has 1 atom stereocenters. The minimum absolute atomic E-state index is 0.0477. The second-order valence-corrected chi connectivity index (χ2v) is 4.37. The lowest BCUT2D eigenvalue weighted by molar-refractivity contribution is 0.339. The number of para-hydroxylation sites is 1. The quantitative estimate of drug-likeness (QED) is 0.812. The van der Waals surface area contributed by atoms with Gasteiger partial charge in [0.05, 0.1) is 6.04 Å². The lowest BCUT2D eigenvalue weighted by Gasteiger charge is -2.12. The van der Waals surface area contributed by atoms with Gasteiger partial charge in [0.15, 0.2) is 0 Å². The molecule has 0 amide bonds. The van der Waals surface area contributed by atoms with E-state index < -0.39 is 0 Å². The molecule has 0 saturated carbocycles. The van der Waals surface area contributed by atoms with Crippen LogP contribution in [0.2, 0.25) is 5.15 Å². The van der Waals surface area contributed by atoms with Crippen LogP contribution >= 0.6 is 11.6 Å². The van der Waals surface area contributed by atoms with Crippen LogP contribution < -0.4 is 15.8 Å². The van der Waals surface area contributed by atoms with Crippen molar-refractivity contribution < 1.29 is 4.74 Å². The number of rotatable bonds is 2. The first kappa shape index (κ1) is 11.1. The summed E-state index contributed by atoms with van der Waals surface area (Å²) in [6.45, 7) is 0.556. The van der Waals surface area contributed by atoms with E-state index in [4.69, 9.17) is 22.1 Å². The van der Waals surface area contributed by atoms with E-state index in [2.05, 4.69) is 15.3 Å². The van der Waals surface area contributed by atoms with Crippen molar-refractivity contribution >= 4 is 23.4 Å². The predicted octanol–water partition coefficient (Wildman–Crippen LogP) is 2.26. The van der Waals surface area contributed by atoms with Crippen LogP contribution in [-0.4, -0.2) is 16.6 Å². The molecule has 2 aromatic rings. The molecule has 0 aliphatic carbocycles. The standard InChI is InChI=1S/C12H11ClN4O/c13-10-5-11(17-12(14)16-10)15-8-6-18-9-4-2-1-3-7(8)9/h1-5,8H,6H2,(H3,14,15,16,17)/t8-/m0/s1. The fourth-order valence-corrected chi connectivity index (χ4v) is 2.16. The van der Waals surface area contributed by atoms with Crippen LogP contribution in [0.25, 0.3) is 0 Å². The summed E-state index contributed by atoms with van der Waals surface area (Å²) in [6, 6.07) is 9.57. The normalized spacial score (nSPS) is 17.1. The third-order valence-electron chi connectivity index (χ3n) is 2.73. The highest BCUT2D eigenvalue weighted by Gasteiger charge is 2.23. The average Bonchev–Trinajstić information content (AvgIpc) is 2.72. The van der Waals surface area contributed by atoms with Gasteiger partial charge in [-0.05, 0) is 6.07 Å². The number of anilines is 2. The van der Waals surface area contributed by atoms with E-state index in [9.17, 15) is 0 Å². The van der Waals surface area contributed by atoms with Crippen LogP contribution in [0.4, 0.5) is 11.8 Å². The van der Waals surface area contributed by atoms with Crippen molar-refractivity contribution in [2.24, 2.45) is 0 Å². The lowest BCUT2D eigenvalue weighted by atomic mass is 10.1. The van der Waals surface area contributed by atoms with Crippen molar-refractivity contribution in [3.05, 3.63) is 41.0 Å². The number of ether oxygens (including phenoxy) is 1. The van der Waals surface area contributed by atoms with E-state index in [1.165, 1.54) is 0 Å². The molecule has 1 aliphatic rings. The van der Waals surface area contributed by atoms with Crippen LogP contribution in [-0.2, 0) is 0 Å². The molecule has 3 N–H and O–H groups in total. The summed E-state index contributed by atoms with van der Waals surface area (Å²) in [5.74, 6) is 1.64. The third kappa shape index (κ3) is 2.04. The monoisotopic (exact) mass is 262 g/mol. The van der Waals surface area contributed by atoms with E-state index in [-0.39, 0.29) is 12.0 Å². The van der Waals surface area contributed by atoms with Crippen LogP contribution in [0.15, 0.2) is 30.3 Å². The maximum absolute atomic E-state index is 5.83. The van der Waals surface area contributed by atoms with E-state index in [0.717, 1.165) is 11.3 Å². The van der Waals surface area contributed by atoms with Gasteiger partial charge in [-0.1, -0.05) is 29.8 Å². The Kier molecular flexibility index (Phi) is 2.68. The number of nitrogen functional groups attached to an aromatic ring is 1. The molecule has 92 valence electrons. The first-order chi connectivity index (χ1) is 8.72. The van der Waals surface area contributed by atoms with Gasteiger partial charge in [-0.3, -0.25) is 0 Å². The van der Waals surface area contributed by atoms with E-state index in [1.54, 1.807) is 6.07 Å². The van der Waals surface area contributed by atoms with Gasteiger partial charge >= 0.3 is 0 Å². The van der Waals surface area contributed by atoms with Gasteiger partial charge in [-0.2, -0.15) is 4.98 Å². The molecule has 1 aliphatic heterocycles. The van der Waals surface area contributed by atoms with Crippen molar-refractivity contribution in [3.63, 3.8) is 0 Å². The fourth-order valence-electron chi connectivity index (χ4n) is 1.97. The Morgan fingerprint density at radius 3 is 3.00 bits per heavy atom. The van der Waals surface area contributed by atoms with E-state index >= 15 is 0 Å². The van der Waals surface area contributed by atoms with E-state index in [0.29, 0.717) is 17.6 Å². The van der Waals surface area contributed by atoms with Gasteiger partial charge in [0.25, 0.3) is 0 Å². The molecule has 5 nitrogen and oxygen atoms in total. The Morgan fingerprint density at radius 2 is 2.17 bits per heavy atom. The highest BCUT2D eigenvalue weighted by Crippen LogP contribution is 2.33. The summed E-state index contributed by atoms with van der Waals surface area (Å²) in [5, 5.41) is 3.56. The molecule has 1 aromatic carbocycles. The highest BCUT2D eigenvalue weighted by atomic mass is 35.5. The first-order valence-corrected chi connectivity index (χ1v) is 5.88. The van der Waals surface area contributed by atoms with Crippen molar-refractivity contribution in [2.75, 3.05) is 17.7 Å². The number of hydrogen-bond donors (Lipinski definition) is 2. The number of fused-ring (bicyclic) bond motifs is 1. The predicted molar refractivity (Wildman–Crippen MR) is 69.8 cm³/mol. The molecule has 1 aromatic heterocycles. The van der Waals surface area contributed by atoms with Gasteiger partial charge in [0.1, 0.15) is 23.3 Å². The number of aromatic nitrogens is 2. The number of nitrogens with one attached hydrogen (secondary N) is 1. The lowest BCUT2D eigenvalue weighted by Crippen LogP contribution is -2.13. The zero-order valence-electron chi connectivity index (χ0n) is 9.43. The maximum atomic E-state index is 5.83. The minimum atomic E-state index is 0.0477. The van der Waals surface area contributed by atoms with Crippen molar-refractivity contribution in [3.8, 4) is 5.75 Å². The van der Waals surface area contributed by atoms with Crippen molar-refractivity contribution in [2.45, 2.75) is 6.04 Å². The van der Waals surface area contributed by atoms with Crippen LogP contribution in [0.5, 0.6) is 5.75 Å². The molecule has 6 heteroatoms. The summed E-state index contributed by atoms with van der Waals surface area (Å²) in [5.41, 5.74) is 6.65. The largest absolute Gasteiger partial charge is 0.491 e. The molecule has 2 heterocycles. The van der Waals surface area contributed by atoms with Crippen LogP contribution in [0.1, 0.15) is 11.6 Å². The molecule has 18 heavy (non-hydrogen) atoms. The Balaban J connectivity index is 1.86. The van der Waals surface area contributed by atoms with Gasteiger partial charge in [0.2, 0.25) is 5.95 Å².